The van der Waals surface area contributed by atoms with Crippen molar-refractivity contribution in [3.05, 3.63) is 0 Å². The molecule has 0 aromatic rings. The van der Waals surface area contributed by atoms with Crippen molar-refractivity contribution in [1.29, 1.82) is 0 Å². The molecule has 1 aliphatic rings. The standard InChI is InChI=1S/C14H30N2O2/c1-4-15-14(12-17)8-6-7-13(11-14)16(3)9-10-18-5-2/h13,15,17H,4-12H2,1-3H3. The first kappa shape index (κ1) is 15.9. The second-order valence-electron chi connectivity index (χ2n) is 5.40. The largest absolute Gasteiger partial charge is 0.394 e. The Morgan fingerprint density at radius 2 is 2.22 bits per heavy atom. The summed E-state index contributed by atoms with van der Waals surface area (Å²) in [6.07, 6.45) is 4.56. The van der Waals surface area contributed by atoms with Crippen LogP contribution in [0.3, 0.4) is 0 Å². The number of hydrogen-bond donors (Lipinski definition) is 2. The van der Waals surface area contributed by atoms with Gasteiger partial charge >= 0.3 is 0 Å². The summed E-state index contributed by atoms with van der Waals surface area (Å²) in [5.74, 6) is 0. The van der Waals surface area contributed by atoms with Gasteiger partial charge in [-0.05, 0) is 46.2 Å². The summed E-state index contributed by atoms with van der Waals surface area (Å²) in [7, 11) is 2.17. The van der Waals surface area contributed by atoms with Crippen LogP contribution in [-0.4, -0.2) is 61.5 Å². The quantitative estimate of drug-likeness (QED) is 0.643. The van der Waals surface area contributed by atoms with Gasteiger partial charge in [0.25, 0.3) is 0 Å². The molecule has 0 radical (unpaired) electrons. The highest BCUT2D eigenvalue weighted by molar-refractivity contribution is 4.95. The van der Waals surface area contributed by atoms with Gasteiger partial charge < -0.3 is 20.1 Å². The second-order valence-corrected chi connectivity index (χ2v) is 5.40. The molecule has 0 amide bonds. The summed E-state index contributed by atoms with van der Waals surface area (Å²) in [5, 5.41) is 13.2. The van der Waals surface area contributed by atoms with Crippen molar-refractivity contribution in [3.63, 3.8) is 0 Å². The van der Waals surface area contributed by atoms with Crippen LogP contribution in [0.25, 0.3) is 0 Å². The topological polar surface area (TPSA) is 44.7 Å². The Morgan fingerprint density at radius 1 is 1.44 bits per heavy atom. The van der Waals surface area contributed by atoms with Crippen LogP contribution in [0.2, 0.25) is 0 Å². The van der Waals surface area contributed by atoms with Gasteiger partial charge in [0.05, 0.1) is 13.2 Å². The zero-order valence-electron chi connectivity index (χ0n) is 12.2. The minimum absolute atomic E-state index is 0.0580. The fourth-order valence-electron chi connectivity index (χ4n) is 2.98. The average molecular weight is 258 g/mol. The molecule has 1 rings (SSSR count). The molecule has 0 aromatic carbocycles. The first-order valence-corrected chi connectivity index (χ1v) is 7.31. The third-order valence-corrected chi connectivity index (χ3v) is 4.09. The molecular weight excluding hydrogens is 228 g/mol. The zero-order chi connectivity index (χ0) is 13.4. The molecule has 108 valence electrons. The molecule has 4 heteroatoms. The van der Waals surface area contributed by atoms with E-state index in [0.29, 0.717) is 6.04 Å². The maximum Gasteiger partial charge on any atom is 0.0613 e. The van der Waals surface area contributed by atoms with Crippen LogP contribution in [0.1, 0.15) is 39.5 Å². The summed E-state index contributed by atoms with van der Waals surface area (Å²) >= 11 is 0. The predicted octanol–water partition coefficient (Wildman–Crippen LogP) is 1.24. The summed E-state index contributed by atoms with van der Waals surface area (Å²) in [4.78, 5) is 2.39. The highest BCUT2D eigenvalue weighted by Gasteiger charge is 2.36. The molecule has 2 unspecified atom stereocenters. The van der Waals surface area contributed by atoms with Crippen molar-refractivity contribution in [2.45, 2.75) is 51.1 Å². The third kappa shape index (κ3) is 4.50. The molecule has 2 atom stereocenters. The van der Waals surface area contributed by atoms with Crippen molar-refractivity contribution in [3.8, 4) is 0 Å². The highest BCUT2D eigenvalue weighted by atomic mass is 16.5. The van der Waals surface area contributed by atoms with E-state index in [2.05, 4.69) is 24.2 Å². The molecule has 1 aliphatic carbocycles. The van der Waals surface area contributed by atoms with E-state index < -0.39 is 0 Å². The first-order chi connectivity index (χ1) is 8.67. The number of nitrogens with one attached hydrogen (secondary N) is 1. The van der Waals surface area contributed by atoms with Gasteiger partial charge in [0.2, 0.25) is 0 Å². The second kappa shape index (κ2) is 8.10. The molecule has 1 fully saturated rings. The monoisotopic (exact) mass is 258 g/mol. The Balaban J connectivity index is 2.46. The molecule has 4 nitrogen and oxygen atoms in total. The maximum absolute atomic E-state index is 9.68. The molecule has 1 saturated carbocycles. The lowest BCUT2D eigenvalue weighted by molar-refractivity contribution is 0.0528. The number of nitrogens with zero attached hydrogens (tertiary/aromatic N) is 1. The number of ether oxygens (including phenoxy) is 1. The predicted molar refractivity (Wildman–Crippen MR) is 74.9 cm³/mol. The molecule has 0 aromatic heterocycles. The summed E-state index contributed by atoms with van der Waals surface area (Å²) in [5.41, 5.74) is -0.0580. The zero-order valence-corrected chi connectivity index (χ0v) is 12.2. The highest BCUT2D eigenvalue weighted by Crippen LogP contribution is 2.30. The van der Waals surface area contributed by atoms with Gasteiger partial charge in [0, 0.05) is 24.7 Å². The molecule has 18 heavy (non-hydrogen) atoms. The van der Waals surface area contributed by atoms with Gasteiger partial charge in [-0.2, -0.15) is 0 Å². The van der Waals surface area contributed by atoms with E-state index in [1.807, 2.05) is 6.92 Å². The van der Waals surface area contributed by atoms with Crippen molar-refractivity contribution in [1.82, 2.24) is 10.2 Å². The lowest BCUT2D eigenvalue weighted by Gasteiger charge is -2.43. The Labute approximate surface area is 112 Å². The van der Waals surface area contributed by atoms with Crippen LogP contribution in [0.5, 0.6) is 0 Å². The van der Waals surface area contributed by atoms with Crippen molar-refractivity contribution in [2.75, 3.05) is 40.0 Å². The fraction of sp³-hybridized carbons (Fsp3) is 1.00. The molecular formula is C14H30N2O2. The molecule has 0 heterocycles. The van der Waals surface area contributed by atoms with E-state index in [1.165, 1.54) is 12.8 Å². The summed E-state index contributed by atoms with van der Waals surface area (Å²) in [6.45, 7) is 7.88. The minimum Gasteiger partial charge on any atom is -0.394 e. The molecule has 0 spiro atoms. The van der Waals surface area contributed by atoms with Gasteiger partial charge in [-0.1, -0.05) is 6.92 Å². The molecule has 0 aliphatic heterocycles. The SMILES string of the molecule is CCNC1(CO)CCCC(N(C)CCOCC)C1. The Morgan fingerprint density at radius 3 is 2.83 bits per heavy atom. The van der Waals surface area contributed by atoms with Gasteiger partial charge in [0.1, 0.15) is 0 Å². The number of likely N-dealkylation sites (N-methyl/N-ethyl adjacent to an activating group) is 2. The Bertz CT molecular complexity index is 222. The van der Waals surface area contributed by atoms with E-state index in [4.69, 9.17) is 4.74 Å². The van der Waals surface area contributed by atoms with Gasteiger partial charge in [-0.3, -0.25) is 0 Å². The molecule has 0 bridgehead atoms. The fourth-order valence-corrected chi connectivity index (χ4v) is 2.98. The van der Waals surface area contributed by atoms with E-state index in [1.54, 1.807) is 0 Å². The Kier molecular flexibility index (Phi) is 7.15. The number of rotatable bonds is 8. The molecule has 0 saturated heterocycles. The van der Waals surface area contributed by atoms with Gasteiger partial charge in [0.15, 0.2) is 0 Å². The van der Waals surface area contributed by atoms with E-state index in [0.717, 1.165) is 39.1 Å². The van der Waals surface area contributed by atoms with Gasteiger partial charge in [-0.15, -0.1) is 0 Å². The Hall–Kier alpha value is -0.160. The average Bonchev–Trinajstić information content (AvgIpc) is 2.39. The van der Waals surface area contributed by atoms with Crippen molar-refractivity contribution >= 4 is 0 Å². The van der Waals surface area contributed by atoms with Crippen LogP contribution >= 0.6 is 0 Å². The third-order valence-electron chi connectivity index (χ3n) is 4.09. The van der Waals surface area contributed by atoms with Crippen LogP contribution in [0.4, 0.5) is 0 Å². The summed E-state index contributed by atoms with van der Waals surface area (Å²) in [6, 6.07) is 0.561. The smallest absolute Gasteiger partial charge is 0.0613 e. The van der Waals surface area contributed by atoms with Crippen LogP contribution in [0.15, 0.2) is 0 Å². The lowest BCUT2D eigenvalue weighted by Crippen LogP contribution is -2.55. The van der Waals surface area contributed by atoms with Gasteiger partial charge in [-0.25, -0.2) is 0 Å². The van der Waals surface area contributed by atoms with Crippen LogP contribution in [0, 0.1) is 0 Å². The van der Waals surface area contributed by atoms with Crippen LogP contribution in [-0.2, 0) is 4.74 Å². The van der Waals surface area contributed by atoms with Crippen molar-refractivity contribution in [2.24, 2.45) is 0 Å². The molecule has 2 N–H and O–H groups in total. The lowest BCUT2D eigenvalue weighted by atomic mass is 9.79. The van der Waals surface area contributed by atoms with E-state index in [9.17, 15) is 5.11 Å². The van der Waals surface area contributed by atoms with Crippen LogP contribution < -0.4 is 5.32 Å². The van der Waals surface area contributed by atoms with E-state index in [-0.39, 0.29) is 12.1 Å². The van der Waals surface area contributed by atoms with Crippen molar-refractivity contribution < 1.29 is 9.84 Å². The maximum atomic E-state index is 9.68. The number of hydrogen-bond acceptors (Lipinski definition) is 4. The summed E-state index contributed by atoms with van der Waals surface area (Å²) < 4.78 is 5.41. The minimum atomic E-state index is -0.0580. The van der Waals surface area contributed by atoms with E-state index >= 15 is 0 Å². The number of aliphatic hydroxyl groups is 1. The normalized spacial score (nSPS) is 28.8. The number of aliphatic hydroxyl groups excluding tert-OH is 1. The first-order valence-electron chi connectivity index (χ1n) is 7.31.